The predicted molar refractivity (Wildman–Crippen MR) is 119 cm³/mol. The summed E-state index contributed by atoms with van der Waals surface area (Å²) in [7, 11) is 1.52. The van der Waals surface area contributed by atoms with Crippen molar-refractivity contribution in [1.29, 1.82) is 0 Å². The topological polar surface area (TPSA) is 93.7 Å². The van der Waals surface area contributed by atoms with Crippen LogP contribution in [-0.4, -0.2) is 26.5 Å². The third-order valence-electron chi connectivity index (χ3n) is 5.78. The zero-order valence-electron chi connectivity index (χ0n) is 18.5. The quantitative estimate of drug-likeness (QED) is 0.634. The van der Waals surface area contributed by atoms with Gasteiger partial charge in [0.2, 0.25) is 0 Å². The first-order valence-electron chi connectivity index (χ1n) is 10.3. The molecule has 0 radical (unpaired) electrons. The number of methoxy groups -OCH3 is 1. The van der Waals surface area contributed by atoms with Crippen molar-refractivity contribution in [2.24, 2.45) is 0 Å². The van der Waals surface area contributed by atoms with Gasteiger partial charge in [0.05, 0.1) is 18.6 Å². The van der Waals surface area contributed by atoms with Gasteiger partial charge < -0.3 is 24.1 Å². The molecule has 0 bridgehead atoms. The summed E-state index contributed by atoms with van der Waals surface area (Å²) < 4.78 is 8.65. The van der Waals surface area contributed by atoms with E-state index in [1.165, 1.54) is 11.7 Å². The molecule has 3 aromatic rings. The molecule has 3 rings (SSSR count). The number of hydrogen-bond acceptors (Lipinski definition) is 5. The molecule has 0 spiro atoms. The molecule has 0 aliphatic carbocycles. The lowest BCUT2D eigenvalue weighted by atomic mass is 9.83. The fourth-order valence-corrected chi connectivity index (χ4v) is 4.31. The molecule has 7 heteroatoms. The summed E-state index contributed by atoms with van der Waals surface area (Å²) in [5.41, 5.74) is 1.56. The minimum absolute atomic E-state index is 0.122. The summed E-state index contributed by atoms with van der Waals surface area (Å²) in [6.07, 6.45) is 0. The number of nitrogens with zero attached hydrogens (tertiary/aromatic N) is 2. The van der Waals surface area contributed by atoms with Crippen LogP contribution >= 0.6 is 0 Å². The highest BCUT2D eigenvalue weighted by Crippen LogP contribution is 2.43. The maximum Gasteiger partial charge on any atom is 0.258 e. The molecular weight excluding hydrogens is 396 g/mol. The van der Waals surface area contributed by atoms with Gasteiger partial charge in [0.15, 0.2) is 0 Å². The highest BCUT2D eigenvalue weighted by Gasteiger charge is 2.31. The molecule has 0 aliphatic rings. The fourth-order valence-electron chi connectivity index (χ4n) is 4.31. The number of aromatic hydroxyl groups is 2. The van der Waals surface area contributed by atoms with E-state index in [4.69, 9.17) is 4.74 Å². The number of rotatable bonds is 6. The van der Waals surface area contributed by atoms with Crippen LogP contribution in [0.5, 0.6) is 17.2 Å². The Morgan fingerprint density at radius 2 is 1.55 bits per heavy atom. The zero-order valence-corrected chi connectivity index (χ0v) is 18.5. The standard InChI is InChI=1S/C24H28N2O5/c1-6-25-14(3)12-17(27)23(24(25)30)22(16-10-8-9-11-19(16)31-5)21-15(4)26(7-2)20(29)13-18(21)28/h8-13,22,27-28H,6-7H2,1-5H3. The minimum Gasteiger partial charge on any atom is -0.507 e. The van der Waals surface area contributed by atoms with Gasteiger partial charge in [-0.1, -0.05) is 18.2 Å². The SMILES string of the molecule is CCn1c(C)c(C(c2ccccc2OC)c2c(O)cc(C)n(CC)c2=O)c(O)cc1=O. The summed E-state index contributed by atoms with van der Waals surface area (Å²) in [6.45, 7) is 8.00. The van der Waals surface area contributed by atoms with Crippen molar-refractivity contribution < 1.29 is 14.9 Å². The number of pyridine rings is 2. The van der Waals surface area contributed by atoms with Gasteiger partial charge in [-0.05, 0) is 39.8 Å². The van der Waals surface area contributed by atoms with Gasteiger partial charge in [0, 0.05) is 41.7 Å². The van der Waals surface area contributed by atoms with Crippen molar-refractivity contribution in [2.45, 2.75) is 46.7 Å². The van der Waals surface area contributed by atoms with E-state index in [0.717, 1.165) is 6.07 Å². The van der Waals surface area contributed by atoms with Gasteiger partial charge in [-0.3, -0.25) is 9.59 Å². The van der Waals surface area contributed by atoms with Crippen molar-refractivity contribution in [3.63, 3.8) is 0 Å². The molecule has 0 saturated carbocycles. The molecular formula is C24H28N2O5. The summed E-state index contributed by atoms with van der Waals surface area (Å²) in [6, 6.07) is 9.85. The lowest BCUT2D eigenvalue weighted by molar-refractivity contribution is 0.406. The van der Waals surface area contributed by atoms with Crippen LogP contribution < -0.4 is 15.9 Å². The molecule has 0 aliphatic heterocycles. The van der Waals surface area contributed by atoms with Crippen molar-refractivity contribution in [2.75, 3.05) is 7.11 Å². The molecule has 0 fully saturated rings. The van der Waals surface area contributed by atoms with Gasteiger partial charge in [-0.15, -0.1) is 0 Å². The smallest absolute Gasteiger partial charge is 0.258 e. The summed E-state index contributed by atoms with van der Waals surface area (Å²) >= 11 is 0. The number of benzene rings is 1. The van der Waals surface area contributed by atoms with Crippen LogP contribution in [0, 0.1) is 13.8 Å². The molecule has 2 aromatic heterocycles. The van der Waals surface area contributed by atoms with Crippen LogP contribution in [-0.2, 0) is 13.1 Å². The Balaban J connectivity index is 2.52. The summed E-state index contributed by atoms with van der Waals surface area (Å²) in [5, 5.41) is 21.8. The van der Waals surface area contributed by atoms with Crippen molar-refractivity contribution in [1.82, 2.24) is 9.13 Å². The molecule has 1 aromatic carbocycles. The second-order valence-corrected chi connectivity index (χ2v) is 7.42. The van der Waals surface area contributed by atoms with Crippen molar-refractivity contribution in [3.05, 3.63) is 85.2 Å². The Hall–Kier alpha value is -3.48. The minimum atomic E-state index is -0.847. The first-order valence-corrected chi connectivity index (χ1v) is 10.3. The maximum atomic E-state index is 13.5. The molecule has 164 valence electrons. The van der Waals surface area contributed by atoms with Gasteiger partial charge >= 0.3 is 0 Å². The number of hydrogen-bond donors (Lipinski definition) is 2. The first-order chi connectivity index (χ1) is 14.8. The van der Waals surface area contributed by atoms with E-state index in [1.807, 2.05) is 13.8 Å². The fraction of sp³-hybridized carbons (Fsp3) is 0.333. The summed E-state index contributed by atoms with van der Waals surface area (Å²) in [5.74, 6) is -0.745. The Kier molecular flexibility index (Phi) is 6.24. The van der Waals surface area contributed by atoms with Crippen molar-refractivity contribution >= 4 is 0 Å². The number of aromatic nitrogens is 2. The van der Waals surface area contributed by atoms with E-state index in [0.29, 0.717) is 41.4 Å². The second kappa shape index (κ2) is 8.71. The van der Waals surface area contributed by atoms with E-state index in [9.17, 15) is 19.8 Å². The third kappa shape index (κ3) is 3.71. The van der Waals surface area contributed by atoms with E-state index < -0.39 is 5.92 Å². The van der Waals surface area contributed by atoms with E-state index in [2.05, 4.69) is 0 Å². The number of aryl methyl sites for hydroxylation is 1. The van der Waals surface area contributed by atoms with Crippen LogP contribution in [0.25, 0.3) is 0 Å². The normalized spacial score (nSPS) is 12.0. The molecule has 1 unspecified atom stereocenters. The molecule has 7 nitrogen and oxygen atoms in total. The lowest BCUT2D eigenvalue weighted by Gasteiger charge is -2.26. The van der Waals surface area contributed by atoms with Crippen LogP contribution in [0.15, 0.2) is 46.0 Å². The highest BCUT2D eigenvalue weighted by molar-refractivity contribution is 5.56. The Bertz CT molecular complexity index is 1240. The predicted octanol–water partition coefficient (Wildman–Crippen LogP) is 3.27. The van der Waals surface area contributed by atoms with Crippen LogP contribution in [0.4, 0.5) is 0 Å². The molecule has 2 N–H and O–H groups in total. The van der Waals surface area contributed by atoms with Gasteiger partial charge in [-0.2, -0.15) is 0 Å². The molecule has 0 amide bonds. The monoisotopic (exact) mass is 424 g/mol. The van der Waals surface area contributed by atoms with Gasteiger partial charge in [-0.25, -0.2) is 0 Å². The van der Waals surface area contributed by atoms with E-state index >= 15 is 0 Å². The first kappa shape index (κ1) is 22.2. The average Bonchev–Trinajstić information content (AvgIpc) is 2.72. The largest absolute Gasteiger partial charge is 0.507 e. The second-order valence-electron chi connectivity index (χ2n) is 7.42. The Morgan fingerprint density at radius 1 is 0.935 bits per heavy atom. The highest BCUT2D eigenvalue weighted by atomic mass is 16.5. The average molecular weight is 424 g/mol. The number of ether oxygens (including phenoxy) is 1. The van der Waals surface area contributed by atoms with E-state index in [1.54, 1.807) is 48.7 Å². The van der Waals surface area contributed by atoms with Crippen LogP contribution in [0.3, 0.4) is 0 Å². The molecule has 0 saturated heterocycles. The third-order valence-corrected chi connectivity index (χ3v) is 5.78. The number of para-hydroxylation sites is 1. The summed E-state index contributed by atoms with van der Waals surface area (Å²) in [4.78, 5) is 25.9. The molecule has 1 atom stereocenters. The van der Waals surface area contributed by atoms with E-state index in [-0.39, 0.29) is 28.2 Å². The van der Waals surface area contributed by atoms with Gasteiger partial charge in [0.1, 0.15) is 17.2 Å². The van der Waals surface area contributed by atoms with Crippen molar-refractivity contribution in [3.8, 4) is 17.2 Å². The van der Waals surface area contributed by atoms with Gasteiger partial charge in [0.25, 0.3) is 11.1 Å². The zero-order chi connectivity index (χ0) is 22.9. The van der Waals surface area contributed by atoms with Crippen LogP contribution in [0.2, 0.25) is 0 Å². The molecule has 31 heavy (non-hydrogen) atoms. The maximum absolute atomic E-state index is 13.5. The molecule has 2 heterocycles. The lowest BCUT2D eigenvalue weighted by Crippen LogP contribution is -2.29. The Labute approximate surface area is 180 Å². The van der Waals surface area contributed by atoms with Crippen LogP contribution in [0.1, 0.15) is 47.8 Å². The Morgan fingerprint density at radius 3 is 2.16 bits per heavy atom.